The number of anilines is 1. The van der Waals surface area contributed by atoms with Crippen LogP contribution in [0.25, 0.3) is 11.3 Å². The van der Waals surface area contributed by atoms with E-state index < -0.39 is 10.0 Å². The number of hydrogen-bond acceptors (Lipinski definition) is 5. The molecule has 7 heteroatoms. The summed E-state index contributed by atoms with van der Waals surface area (Å²) in [6.45, 7) is 6.04. The summed E-state index contributed by atoms with van der Waals surface area (Å²) in [4.78, 5) is 2.53. The van der Waals surface area contributed by atoms with E-state index in [0.29, 0.717) is 17.2 Å². The van der Waals surface area contributed by atoms with Gasteiger partial charge in [-0.15, -0.1) is 10.2 Å². The van der Waals surface area contributed by atoms with Crippen LogP contribution in [0.1, 0.15) is 25.3 Å². The molecule has 1 atom stereocenters. The van der Waals surface area contributed by atoms with Gasteiger partial charge in [-0.25, -0.2) is 13.1 Å². The number of piperidine rings is 1. The first-order valence-corrected chi connectivity index (χ1v) is 10.0. The minimum Gasteiger partial charge on any atom is -0.355 e. The fraction of sp³-hybridized carbons (Fsp3) is 0.444. The molecule has 6 nitrogen and oxygen atoms in total. The molecule has 0 radical (unpaired) electrons. The number of rotatable bonds is 4. The zero-order valence-corrected chi connectivity index (χ0v) is 15.7. The molecule has 25 heavy (non-hydrogen) atoms. The fourth-order valence-electron chi connectivity index (χ4n) is 3.20. The molecule has 1 N–H and O–H groups in total. The van der Waals surface area contributed by atoms with E-state index in [2.05, 4.69) is 26.7 Å². The third kappa shape index (κ3) is 3.82. The van der Waals surface area contributed by atoms with Gasteiger partial charge in [0.1, 0.15) is 0 Å². The Morgan fingerprint density at radius 3 is 2.64 bits per heavy atom. The average Bonchev–Trinajstić information content (AvgIpc) is 2.62. The SMILES string of the molecule is CNS(=O)(=O)c1cc(-c2ccc(N3CCCC(C)C3)nn2)ccc1C. The highest BCUT2D eigenvalue weighted by molar-refractivity contribution is 7.89. The van der Waals surface area contributed by atoms with Crippen molar-refractivity contribution in [3.8, 4) is 11.3 Å². The van der Waals surface area contributed by atoms with Crippen LogP contribution in [-0.4, -0.2) is 38.8 Å². The molecule has 1 aliphatic rings. The molecular formula is C18H24N4O2S. The summed E-state index contributed by atoms with van der Waals surface area (Å²) in [7, 11) is -2.08. The first-order valence-electron chi connectivity index (χ1n) is 8.54. The van der Waals surface area contributed by atoms with Crippen LogP contribution in [0.5, 0.6) is 0 Å². The van der Waals surface area contributed by atoms with Gasteiger partial charge in [0.05, 0.1) is 10.6 Å². The summed E-state index contributed by atoms with van der Waals surface area (Å²) in [5.74, 6) is 1.55. The van der Waals surface area contributed by atoms with Gasteiger partial charge < -0.3 is 4.90 Å². The highest BCUT2D eigenvalue weighted by Crippen LogP contribution is 2.25. The zero-order valence-electron chi connectivity index (χ0n) is 14.9. The fourth-order valence-corrected chi connectivity index (χ4v) is 4.20. The van der Waals surface area contributed by atoms with Gasteiger partial charge in [0, 0.05) is 18.7 Å². The number of benzene rings is 1. The Morgan fingerprint density at radius 2 is 2.00 bits per heavy atom. The van der Waals surface area contributed by atoms with Gasteiger partial charge in [-0.1, -0.05) is 19.1 Å². The smallest absolute Gasteiger partial charge is 0.240 e. The average molecular weight is 360 g/mol. The molecule has 1 fully saturated rings. The molecule has 0 saturated carbocycles. The molecule has 1 unspecified atom stereocenters. The van der Waals surface area contributed by atoms with Crippen LogP contribution in [0.15, 0.2) is 35.2 Å². The quantitative estimate of drug-likeness (QED) is 0.907. The Labute approximate surface area is 149 Å². The van der Waals surface area contributed by atoms with Crippen molar-refractivity contribution < 1.29 is 8.42 Å². The highest BCUT2D eigenvalue weighted by Gasteiger charge is 2.19. The van der Waals surface area contributed by atoms with E-state index in [0.717, 1.165) is 24.5 Å². The molecular weight excluding hydrogens is 336 g/mol. The first kappa shape index (κ1) is 17.8. The van der Waals surface area contributed by atoms with E-state index in [4.69, 9.17) is 0 Å². The minimum atomic E-state index is -3.50. The predicted octanol–water partition coefficient (Wildman–Crippen LogP) is 2.60. The molecule has 0 amide bonds. The second-order valence-corrected chi connectivity index (χ2v) is 8.51. The van der Waals surface area contributed by atoms with Gasteiger partial charge >= 0.3 is 0 Å². The third-order valence-electron chi connectivity index (χ3n) is 4.67. The van der Waals surface area contributed by atoms with Crippen molar-refractivity contribution in [3.63, 3.8) is 0 Å². The van der Waals surface area contributed by atoms with E-state index in [-0.39, 0.29) is 4.90 Å². The Hall–Kier alpha value is -1.99. The Morgan fingerprint density at radius 1 is 1.20 bits per heavy atom. The topological polar surface area (TPSA) is 75.2 Å². The van der Waals surface area contributed by atoms with Crippen molar-refractivity contribution in [1.29, 1.82) is 0 Å². The normalized spacial score (nSPS) is 18.4. The Bertz CT molecular complexity index is 850. The molecule has 0 bridgehead atoms. The monoisotopic (exact) mass is 360 g/mol. The highest BCUT2D eigenvalue weighted by atomic mass is 32.2. The number of nitrogens with one attached hydrogen (secondary N) is 1. The Balaban J connectivity index is 1.89. The number of aryl methyl sites for hydroxylation is 1. The van der Waals surface area contributed by atoms with E-state index in [1.165, 1.54) is 19.9 Å². The van der Waals surface area contributed by atoms with E-state index in [1.807, 2.05) is 18.2 Å². The molecule has 2 heterocycles. The first-order chi connectivity index (χ1) is 11.9. The third-order valence-corrected chi connectivity index (χ3v) is 6.23. The molecule has 1 saturated heterocycles. The molecule has 2 aromatic rings. The molecule has 1 aromatic heterocycles. The largest absolute Gasteiger partial charge is 0.355 e. The summed E-state index contributed by atoms with van der Waals surface area (Å²) < 4.78 is 26.6. The van der Waals surface area contributed by atoms with Crippen molar-refractivity contribution in [3.05, 3.63) is 35.9 Å². The van der Waals surface area contributed by atoms with Crippen LogP contribution in [0, 0.1) is 12.8 Å². The summed E-state index contributed by atoms with van der Waals surface area (Å²) in [6, 6.07) is 9.18. The van der Waals surface area contributed by atoms with Crippen LogP contribution < -0.4 is 9.62 Å². The lowest BCUT2D eigenvalue weighted by Crippen LogP contribution is -2.34. The standard InChI is InChI=1S/C18H24N4O2S/c1-13-5-4-10-22(12-13)18-9-8-16(20-21-18)15-7-6-14(2)17(11-15)25(23,24)19-3/h6-9,11,13,19H,4-5,10,12H2,1-3H3. The molecule has 0 spiro atoms. The number of nitrogens with zero attached hydrogens (tertiary/aromatic N) is 3. The van der Waals surface area contributed by atoms with Gasteiger partial charge in [-0.3, -0.25) is 0 Å². The molecule has 1 aromatic carbocycles. The van der Waals surface area contributed by atoms with E-state index >= 15 is 0 Å². The predicted molar refractivity (Wildman–Crippen MR) is 99.1 cm³/mol. The maximum absolute atomic E-state index is 12.1. The second kappa shape index (κ2) is 7.09. The van der Waals surface area contributed by atoms with Crippen LogP contribution in [-0.2, 0) is 10.0 Å². The van der Waals surface area contributed by atoms with Gasteiger partial charge in [0.2, 0.25) is 10.0 Å². The van der Waals surface area contributed by atoms with Crippen LogP contribution >= 0.6 is 0 Å². The lowest BCUT2D eigenvalue weighted by molar-refractivity contribution is 0.444. The van der Waals surface area contributed by atoms with Crippen LogP contribution in [0.3, 0.4) is 0 Å². The van der Waals surface area contributed by atoms with Crippen LogP contribution in [0.2, 0.25) is 0 Å². The van der Waals surface area contributed by atoms with Crippen molar-refractivity contribution in [2.75, 3.05) is 25.0 Å². The lowest BCUT2D eigenvalue weighted by Gasteiger charge is -2.31. The number of sulfonamides is 1. The molecule has 134 valence electrons. The maximum atomic E-state index is 12.1. The van der Waals surface area contributed by atoms with E-state index in [1.54, 1.807) is 19.1 Å². The summed E-state index contributed by atoms with van der Waals surface area (Å²) >= 11 is 0. The van der Waals surface area contributed by atoms with Gasteiger partial charge in [-0.2, -0.15) is 0 Å². The molecule has 1 aliphatic heterocycles. The number of hydrogen-bond donors (Lipinski definition) is 1. The van der Waals surface area contributed by atoms with Gasteiger partial charge in [0.15, 0.2) is 5.82 Å². The lowest BCUT2D eigenvalue weighted by atomic mass is 10.0. The van der Waals surface area contributed by atoms with Gasteiger partial charge in [-0.05, 0) is 56.5 Å². The maximum Gasteiger partial charge on any atom is 0.240 e. The zero-order chi connectivity index (χ0) is 18.0. The van der Waals surface area contributed by atoms with Crippen molar-refractivity contribution in [1.82, 2.24) is 14.9 Å². The summed E-state index contributed by atoms with van der Waals surface area (Å²) in [6.07, 6.45) is 2.43. The summed E-state index contributed by atoms with van der Waals surface area (Å²) in [5, 5.41) is 8.68. The second-order valence-electron chi connectivity index (χ2n) is 6.66. The number of aromatic nitrogens is 2. The van der Waals surface area contributed by atoms with Crippen molar-refractivity contribution in [2.24, 2.45) is 5.92 Å². The minimum absolute atomic E-state index is 0.267. The molecule has 0 aliphatic carbocycles. The van der Waals surface area contributed by atoms with Crippen LogP contribution in [0.4, 0.5) is 5.82 Å². The summed E-state index contributed by atoms with van der Waals surface area (Å²) in [5.41, 5.74) is 2.11. The van der Waals surface area contributed by atoms with Crippen molar-refractivity contribution >= 4 is 15.8 Å². The Kier molecular flexibility index (Phi) is 5.06. The van der Waals surface area contributed by atoms with Crippen molar-refractivity contribution in [2.45, 2.75) is 31.6 Å². The van der Waals surface area contributed by atoms with Gasteiger partial charge in [0.25, 0.3) is 0 Å². The molecule has 3 rings (SSSR count). The van der Waals surface area contributed by atoms with E-state index in [9.17, 15) is 8.42 Å².